The average Bonchev–Trinajstić information content (AvgIpc) is 3.29. The number of benzene rings is 2. The second-order valence-electron chi connectivity index (χ2n) is 16.9. The van der Waals surface area contributed by atoms with Gasteiger partial charge >= 0.3 is 0 Å². The number of nitrogens with zero attached hydrogens (tertiary/aromatic N) is 3. The number of morpholine rings is 1. The van der Waals surface area contributed by atoms with Gasteiger partial charge in [0.05, 0.1) is 30.8 Å². The fraction of sp³-hybridized carbons (Fsp3) is 0.643. The number of rotatable bonds is 4. The van der Waals surface area contributed by atoms with Gasteiger partial charge in [-0.3, -0.25) is 14.6 Å². The van der Waals surface area contributed by atoms with Crippen LogP contribution in [0.2, 0.25) is 5.02 Å². The molecular weight excluding hydrogens is 724 g/mol. The standard InChI is InChI=1S/C42H57ClN4O6S/c1-4-53-42(27-45-17-18-46-19-20-51-25-35(46)24-45)16-5-7-29(2)30(3)54(49,50)44-40(48)32-10-14-39-38(22-32)47(23-33-9-12-37(33)42)26-41(28-52-39)15-6-8-31-21-34(43)11-13-36(31)41/h5,10-11,13-14,16,21-22,29-30,33,35,37H,4,6-9,12,15,17-20,23-28H2,1-3H3,(H,44,48)/b16-5+/t29-,30+,33-,35-,37+,41-,42-/m0/s1. The Morgan fingerprint density at radius 2 is 1.94 bits per heavy atom. The van der Waals surface area contributed by atoms with Crippen molar-refractivity contribution in [1.29, 1.82) is 0 Å². The second kappa shape index (κ2) is 15.3. The molecule has 1 N–H and O–H groups in total. The van der Waals surface area contributed by atoms with Gasteiger partial charge in [-0.05, 0) is 112 Å². The summed E-state index contributed by atoms with van der Waals surface area (Å²) in [6.45, 7) is 14.6. The van der Waals surface area contributed by atoms with E-state index in [-0.39, 0.29) is 17.3 Å². The van der Waals surface area contributed by atoms with Gasteiger partial charge in [-0.1, -0.05) is 36.7 Å². The number of aryl methyl sites for hydroxylation is 1. The van der Waals surface area contributed by atoms with E-state index in [1.165, 1.54) is 11.1 Å². The molecule has 1 amide bonds. The van der Waals surface area contributed by atoms with Crippen molar-refractivity contribution >= 4 is 33.2 Å². The summed E-state index contributed by atoms with van der Waals surface area (Å²) in [5.74, 6) is 0.468. The number of fused-ring (bicyclic) bond motifs is 5. The molecule has 2 aliphatic carbocycles. The minimum Gasteiger partial charge on any atom is -0.490 e. The van der Waals surface area contributed by atoms with Gasteiger partial charge in [-0.15, -0.1) is 0 Å². The molecule has 1 saturated carbocycles. The van der Waals surface area contributed by atoms with Crippen molar-refractivity contribution in [3.05, 3.63) is 70.3 Å². The largest absolute Gasteiger partial charge is 0.490 e. The van der Waals surface area contributed by atoms with E-state index in [9.17, 15) is 13.2 Å². The molecule has 6 aliphatic rings. The highest BCUT2D eigenvalue weighted by Crippen LogP contribution is 2.49. The number of carbonyl (C=O) groups excluding carboxylic acids is 1. The summed E-state index contributed by atoms with van der Waals surface area (Å²) in [7, 11) is -3.96. The van der Waals surface area contributed by atoms with Crippen LogP contribution < -0.4 is 14.4 Å². The zero-order valence-corrected chi connectivity index (χ0v) is 33.7. The maximum Gasteiger partial charge on any atom is 0.264 e. The van der Waals surface area contributed by atoms with Gasteiger partial charge < -0.3 is 19.1 Å². The van der Waals surface area contributed by atoms with Gasteiger partial charge in [0, 0.05) is 74.5 Å². The van der Waals surface area contributed by atoms with Gasteiger partial charge in [0.2, 0.25) is 10.0 Å². The van der Waals surface area contributed by atoms with Crippen LogP contribution in [-0.2, 0) is 31.3 Å². The van der Waals surface area contributed by atoms with E-state index in [1.807, 2.05) is 25.1 Å². The lowest BCUT2D eigenvalue weighted by molar-refractivity contribution is -0.121. The summed E-state index contributed by atoms with van der Waals surface area (Å²) in [5.41, 5.74) is 2.89. The highest BCUT2D eigenvalue weighted by atomic mass is 35.5. The summed E-state index contributed by atoms with van der Waals surface area (Å²) in [6.07, 6.45) is 10.1. The Morgan fingerprint density at radius 3 is 2.76 bits per heavy atom. The Kier molecular flexibility index (Phi) is 10.9. The van der Waals surface area contributed by atoms with E-state index in [2.05, 4.69) is 50.6 Å². The van der Waals surface area contributed by atoms with Gasteiger partial charge in [0.15, 0.2) is 0 Å². The monoisotopic (exact) mass is 780 g/mol. The van der Waals surface area contributed by atoms with E-state index in [4.69, 9.17) is 25.8 Å². The third-order valence-electron chi connectivity index (χ3n) is 13.6. The topological polar surface area (TPSA) is 101 Å². The molecule has 0 radical (unpaired) electrons. The molecule has 54 heavy (non-hydrogen) atoms. The SMILES string of the molecule is CCO[C@]1(CN2CCN3CCOC[C@@H]3C2)/C=C/C[C@H](C)[C@@H](C)S(=O)(=O)NC(=O)c2ccc3c(c2)N(C[C@@H]2CC[C@H]21)C[C@@]1(CCCc2cc(Cl)ccc21)CO3. The minimum absolute atomic E-state index is 0.223. The zero-order chi connectivity index (χ0) is 37.7. The van der Waals surface area contributed by atoms with Crippen molar-refractivity contribution in [3.8, 4) is 5.75 Å². The first-order chi connectivity index (χ1) is 26.0. The predicted molar refractivity (Wildman–Crippen MR) is 212 cm³/mol. The second-order valence-corrected chi connectivity index (χ2v) is 19.4. The van der Waals surface area contributed by atoms with E-state index >= 15 is 0 Å². The molecule has 10 nitrogen and oxygen atoms in total. The van der Waals surface area contributed by atoms with Crippen LogP contribution >= 0.6 is 11.6 Å². The van der Waals surface area contributed by atoms with E-state index in [1.54, 1.807) is 13.0 Å². The third kappa shape index (κ3) is 7.34. The molecule has 0 aromatic heterocycles. The van der Waals surface area contributed by atoms with Crippen molar-refractivity contribution in [2.75, 3.05) is 77.1 Å². The van der Waals surface area contributed by atoms with E-state index in [0.29, 0.717) is 37.2 Å². The van der Waals surface area contributed by atoms with Crippen LogP contribution in [-0.4, -0.2) is 113 Å². The van der Waals surface area contributed by atoms with Crippen molar-refractivity contribution in [3.63, 3.8) is 0 Å². The Hall–Kier alpha value is -2.67. The molecule has 2 saturated heterocycles. The van der Waals surface area contributed by atoms with Crippen LogP contribution in [0.4, 0.5) is 5.69 Å². The molecule has 4 heterocycles. The zero-order valence-electron chi connectivity index (χ0n) is 32.1. The molecule has 3 fully saturated rings. The van der Waals surface area contributed by atoms with E-state index < -0.39 is 26.8 Å². The van der Waals surface area contributed by atoms with Crippen LogP contribution in [0.15, 0.2) is 48.6 Å². The molecule has 1 spiro atoms. The first kappa shape index (κ1) is 38.2. The van der Waals surface area contributed by atoms with Gasteiger partial charge in [0.25, 0.3) is 5.91 Å². The summed E-state index contributed by atoms with van der Waals surface area (Å²) in [4.78, 5) is 21.3. The fourth-order valence-electron chi connectivity index (χ4n) is 10.3. The predicted octanol–water partition coefficient (Wildman–Crippen LogP) is 5.68. The Morgan fingerprint density at radius 1 is 1.07 bits per heavy atom. The number of ether oxygens (including phenoxy) is 3. The summed E-state index contributed by atoms with van der Waals surface area (Å²) in [5, 5.41) is -0.0327. The first-order valence-corrected chi connectivity index (χ1v) is 22.1. The fourth-order valence-corrected chi connectivity index (χ4v) is 11.8. The molecule has 2 aromatic rings. The summed E-state index contributed by atoms with van der Waals surface area (Å²) < 4.78 is 49.4. The number of allylic oxidation sites excluding steroid dienone is 1. The van der Waals surface area contributed by atoms with Crippen LogP contribution in [0, 0.1) is 17.8 Å². The summed E-state index contributed by atoms with van der Waals surface area (Å²) in [6, 6.07) is 12.1. The lowest BCUT2D eigenvalue weighted by atomic mass is 9.63. The van der Waals surface area contributed by atoms with Crippen molar-refractivity contribution in [2.24, 2.45) is 17.8 Å². The number of anilines is 1. The quantitative estimate of drug-likeness (QED) is 0.394. The maximum atomic E-state index is 13.7. The van der Waals surface area contributed by atoms with Crippen LogP contribution in [0.25, 0.3) is 0 Å². The van der Waals surface area contributed by atoms with E-state index in [0.717, 1.165) is 108 Å². The summed E-state index contributed by atoms with van der Waals surface area (Å²) >= 11 is 6.52. The van der Waals surface area contributed by atoms with Gasteiger partial charge in [0.1, 0.15) is 11.4 Å². The number of hydrogen-bond acceptors (Lipinski definition) is 9. The minimum atomic E-state index is -3.96. The third-order valence-corrected chi connectivity index (χ3v) is 15.8. The normalized spacial score (nSPS) is 35.0. The van der Waals surface area contributed by atoms with Crippen molar-refractivity contribution < 1.29 is 27.4 Å². The Balaban J connectivity index is 1.20. The molecule has 7 atom stereocenters. The molecule has 0 unspecified atom stereocenters. The smallest absolute Gasteiger partial charge is 0.264 e. The number of carbonyl (C=O) groups is 1. The molecule has 2 aromatic carbocycles. The molecule has 294 valence electrons. The Labute approximate surface area is 326 Å². The lowest BCUT2D eigenvalue weighted by Gasteiger charge is -2.53. The van der Waals surface area contributed by atoms with Gasteiger partial charge in [-0.2, -0.15) is 0 Å². The van der Waals surface area contributed by atoms with Crippen molar-refractivity contribution in [2.45, 2.75) is 81.6 Å². The molecule has 12 heteroatoms. The van der Waals surface area contributed by atoms with Crippen molar-refractivity contribution in [1.82, 2.24) is 14.5 Å². The van der Waals surface area contributed by atoms with Gasteiger partial charge in [-0.25, -0.2) is 13.1 Å². The number of piperazine rings is 1. The number of nitrogens with one attached hydrogen (secondary N) is 1. The van der Waals surface area contributed by atoms with Crippen LogP contribution in [0.3, 0.4) is 0 Å². The highest BCUT2D eigenvalue weighted by Gasteiger charge is 2.50. The molecule has 2 bridgehead atoms. The average molecular weight is 781 g/mol. The molecular formula is C42H57ClN4O6S. The number of hydrogen-bond donors (Lipinski definition) is 1. The number of amides is 1. The Bertz CT molecular complexity index is 1860. The molecule has 8 rings (SSSR count). The number of halogens is 1. The highest BCUT2D eigenvalue weighted by molar-refractivity contribution is 7.90. The first-order valence-electron chi connectivity index (χ1n) is 20.2. The lowest BCUT2D eigenvalue weighted by Crippen LogP contribution is -2.62. The van der Waals surface area contributed by atoms with Crippen LogP contribution in [0.1, 0.15) is 74.4 Å². The maximum absolute atomic E-state index is 13.7. The number of sulfonamides is 1. The molecule has 4 aliphatic heterocycles. The van der Waals surface area contributed by atoms with Crippen LogP contribution in [0.5, 0.6) is 5.75 Å².